The van der Waals surface area contributed by atoms with Gasteiger partial charge in [0.2, 0.25) is 0 Å². The van der Waals surface area contributed by atoms with Crippen molar-refractivity contribution in [2.24, 2.45) is 7.05 Å². The standard InChI is InChI=1S/C20H22N8O/c1-3-15-8-24-20(12-22-15)27-19-6-18(23-10-16-9-21-4-5-29-16)17(11-25-19)14-7-26-28(2)13-14/h1,6-8,11-13,16,21H,4-5,9-10H2,2H3,(H2,23,24,25,27)/t16-/m0/s1. The number of nitrogens with zero attached hydrogens (tertiary/aromatic N) is 5. The average Bonchev–Trinajstić information content (AvgIpc) is 3.20. The minimum Gasteiger partial charge on any atom is -0.382 e. The first-order chi connectivity index (χ1) is 14.2. The monoisotopic (exact) mass is 390 g/mol. The number of hydrogen-bond acceptors (Lipinski definition) is 8. The van der Waals surface area contributed by atoms with Gasteiger partial charge in [-0.3, -0.25) is 4.68 Å². The van der Waals surface area contributed by atoms with Crippen LogP contribution in [0.1, 0.15) is 5.69 Å². The lowest BCUT2D eigenvalue weighted by Crippen LogP contribution is -2.42. The highest BCUT2D eigenvalue weighted by Gasteiger charge is 2.15. The molecule has 0 aliphatic carbocycles. The smallest absolute Gasteiger partial charge is 0.150 e. The summed E-state index contributed by atoms with van der Waals surface area (Å²) in [5, 5.41) is 14.3. The number of terminal acetylenes is 1. The maximum absolute atomic E-state index is 5.79. The van der Waals surface area contributed by atoms with Crippen molar-refractivity contribution in [3.63, 3.8) is 0 Å². The van der Waals surface area contributed by atoms with Gasteiger partial charge in [-0.15, -0.1) is 6.42 Å². The van der Waals surface area contributed by atoms with E-state index in [-0.39, 0.29) is 6.10 Å². The van der Waals surface area contributed by atoms with E-state index in [1.807, 2.05) is 31.7 Å². The number of anilines is 3. The Morgan fingerprint density at radius 1 is 1.24 bits per heavy atom. The molecule has 0 aromatic carbocycles. The summed E-state index contributed by atoms with van der Waals surface area (Å²) in [4.78, 5) is 12.9. The van der Waals surface area contributed by atoms with E-state index in [0.29, 0.717) is 23.9 Å². The Bertz CT molecular complexity index is 1000. The quantitative estimate of drug-likeness (QED) is 0.543. The van der Waals surface area contributed by atoms with Gasteiger partial charge >= 0.3 is 0 Å². The predicted molar refractivity (Wildman–Crippen MR) is 111 cm³/mol. The fourth-order valence-corrected chi connectivity index (χ4v) is 3.03. The van der Waals surface area contributed by atoms with E-state index in [4.69, 9.17) is 11.2 Å². The first kappa shape index (κ1) is 18.9. The number of ether oxygens (including phenoxy) is 1. The first-order valence-electron chi connectivity index (χ1n) is 9.32. The highest BCUT2D eigenvalue weighted by Crippen LogP contribution is 2.29. The molecule has 1 aliphatic heterocycles. The van der Waals surface area contributed by atoms with Crippen molar-refractivity contribution < 1.29 is 4.74 Å². The highest BCUT2D eigenvalue weighted by molar-refractivity contribution is 5.79. The lowest BCUT2D eigenvalue weighted by molar-refractivity contribution is 0.0372. The van der Waals surface area contributed by atoms with Crippen LogP contribution in [0.4, 0.5) is 17.3 Å². The van der Waals surface area contributed by atoms with Crippen molar-refractivity contribution in [2.45, 2.75) is 6.10 Å². The summed E-state index contributed by atoms with van der Waals surface area (Å²) in [5.41, 5.74) is 3.35. The third-order valence-electron chi connectivity index (χ3n) is 4.50. The molecule has 29 heavy (non-hydrogen) atoms. The van der Waals surface area contributed by atoms with Crippen LogP contribution in [0.3, 0.4) is 0 Å². The van der Waals surface area contributed by atoms with E-state index in [1.165, 1.54) is 0 Å². The molecule has 1 fully saturated rings. The van der Waals surface area contributed by atoms with E-state index >= 15 is 0 Å². The van der Waals surface area contributed by atoms with E-state index < -0.39 is 0 Å². The highest BCUT2D eigenvalue weighted by atomic mass is 16.5. The largest absolute Gasteiger partial charge is 0.382 e. The Morgan fingerprint density at radius 2 is 2.14 bits per heavy atom. The molecule has 3 N–H and O–H groups in total. The topological polar surface area (TPSA) is 102 Å². The second-order valence-corrected chi connectivity index (χ2v) is 6.65. The van der Waals surface area contributed by atoms with Crippen LogP contribution in [0.2, 0.25) is 0 Å². The molecule has 0 unspecified atom stereocenters. The fourth-order valence-electron chi connectivity index (χ4n) is 3.03. The summed E-state index contributed by atoms with van der Waals surface area (Å²) in [6.45, 7) is 3.11. The Kier molecular flexibility index (Phi) is 5.65. The van der Waals surface area contributed by atoms with Crippen molar-refractivity contribution in [1.29, 1.82) is 0 Å². The zero-order valence-corrected chi connectivity index (χ0v) is 16.1. The average molecular weight is 390 g/mol. The Hall–Kier alpha value is -3.48. The molecule has 9 heteroatoms. The summed E-state index contributed by atoms with van der Waals surface area (Å²) >= 11 is 0. The molecule has 1 atom stereocenters. The summed E-state index contributed by atoms with van der Waals surface area (Å²) in [6.07, 6.45) is 14.1. The van der Waals surface area contributed by atoms with E-state index in [2.05, 4.69) is 41.9 Å². The van der Waals surface area contributed by atoms with E-state index in [0.717, 1.165) is 36.5 Å². The molecule has 0 bridgehead atoms. The Morgan fingerprint density at radius 3 is 2.83 bits per heavy atom. The number of aromatic nitrogens is 5. The number of aryl methyl sites for hydroxylation is 1. The van der Waals surface area contributed by atoms with Gasteiger partial charge in [-0.25, -0.2) is 15.0 Å². The molecule has 0 radical (unpaired) electrons. The number of nitrogens with one attached hydrogen (secondary N) is 3. The van der Waals surface area contributed by atoms with Crippen LogP contribution in [0.5, 0.6) is 0 Å². The van der Waals surface area contributed by atoms with Gasteiger partial charge in [0, 0.05) is 62.0 Å². The Balaban J connectivity index is 1.57. The van der Waals surface area contributed by atoms with Crippen LogP contribution in [0, 0.1) is 12.3 Å². The molecule has 3 aromatic rings. The molecule has 0 saturated carbocycles. The molecular weight excluding hydrogens is 368 g/mol. The van der Waals surface area contributed by atoms with E-state index in [9.17, 15) is 0 Å². The number of hydrogen-bond donors (Lipinski definition) is 3. The summed E-state index contributed by atoms with van der Waals surface area (Å²) in [5.74, 6) is 3.66. The van der Waals surface area contributed by atoms with Crippen LogP contribution in [0.25, 0.3) is 11.1 Å². The molecule has 4 heterocycles. The van der Waals surface area contributed by atoms with Gasteiger partial charge < -0.3 is 20.7 Å². The summed E-state index contributed by atoms with van der Waals surface area (Å²) in [7, 11) is 1.89. The Labute approximate surface area is 168 Å². The van der Waals surface area contributed by atoms with Gasteiger partial charge in [0.15, 0.2) is 0 Å². The third-order valence-corrected chi connectivity index (χ3v) is 4.50. The van der Waals surface area contributed by atoms with Crippen molar-refractivity contribution in [3.8, 4) is 23.5 Å². The molecule has 0 amide bonds. The second kappa shape index (κ2) is 8.68. The van der Waals surface area contributed by atoms with Crippen LogP contribution in [-0.4, -0.2) is 57.1 Å². The molecule has 3 aromatic heterocycles. The minimum absolute atomic E-state index is 0.109. The maximum Gasteiger partial charge on any atom is 0.150 e. The van der Waals surface area contributed by atoms with Crippen LogP contribution in [0.15, 0.2) is 37.1 Å². The predicted octanol–water partition coefficient (Wildman–Crippen LogP) is 1.40. The summed E-state index contributed by atoms with van der Waals surface area (Å²) < 4.78 is 7.56. The van der Waals surface area contributed by atoms with Crippen molar-refractivity contribution >= 4 is 17.3 Å². The molecule has 148 valence electrons. The van der Waals surface area contributed by atoms with Crippen molar-refractivity contribution in [3.05, 3.63) is 42.7 Å². The van der Waals surface area contributed by atoms with Gasteiger partial charge in [0.25, 0.3) is 0 Å². The SMILES string of the molecule is C#Cc1cnc(Nc2cc(NC[C@@H]3CNCCO3)c(-c3cnn(C)c3)cn2)cn1. The number of rotatable bonds is 6. The number of morpholine rings is 1. The lowest BCUT2D eigenvalue weighted by atomic mass is 10.1. The lowest BCUT2D eigenvalue weighted by Gasteiger charge is -2.24. The zero-order valence-electron chi connectivity index (χ0n) is 16.1. The first-order valence-corrected chi connectivity index (χ1v) is 9.32. The second-order valence-electron chi connectivity index (χ2n) is 6.65. The maximum atomic E-state index is 5.79. The van der Waals surface area contributed by atoms with Gasteiger partial charge in [-0.2, -0.15) is 5.10 Å². The van der Waals surface area contributed by atoms with Crippen LogP contribution in [-0.2, 0) is 11.8 Å². The molecule has 0 spiro atoms. The molecule has 1 aliphatic rings. The number of pyridine rings is 1. The molecule has 4 rings (SSSR count). The molecular formula is C20H22N8O. The van der Waals surface area contributed by atoms with Crippen LogP contribution < -0.4 is 16.0 Å². The normalized spacial score (nSPS) is 16.2. The van der Waals surface area contributed by atoms with Gasteiger partial charge in [0.05, 0.1) is 31.3 Å². The van der Waals surface area contributed by atoms with E-state index in [1.54, 1.807) is 17.1 Å². The van der Waals surface area contributed by atoms with Crippen LogP contribution >= 0.6 is 0 Å². The zero-order chi connectivity index (χ0) is 20.1. The molecule has 9 nitrogen and oxygen atoms in total. The van der Waals surface area contributed by atoms with Crippen molar-refractivity contribution in [2.75, 3.05) is 36.9 Å². The third kappa shape index (κ3) is 4.68. The summed E-state index contributed by atoms with van der Waals surface area (Å²) in [6, 6.07) is 1.94. The fraction of sp³-hybridized carbons (Fsp3) is 0.300. The minimum atomic E-state index is 0.109. The van der Waals surface area contributed by atoms with Crippen molar-refractivity contribution in [1.82, 2.24) is 30.0 Å². The van der Waals surface area contributed by atoms with Gasteiger partial charge in [-0.1, -0.05) is 0 Å². The van der Waals surface area contributed by atoms with Gasteiger partial charge in [-0.05, 0) is 5.92 Å². The molecule has 1 saturated heterocycles. The van der Waals surface area contributed by atoms with Gasteiger partial charge in [0.1, 0.15) is 17.3 Å².